The van der Waals surface area contributed by atoms with E-state index in [9.17, 15) is 4.79 Å². The molecule has 72 valence electrons. The molecule has 0 aromatic carbocycles. The van der Waals surface area contributed by atoms with Gasteiger partial charge in [-0.2, -0.15) is 0 Å². The first-order chi connectivity index (χ1) is 6.00. The molecule has 0 aliphatic carbocycles. The maximum absolute atomic E-state index is 11.4. The van der Waals surface area contributed by atoms with Crippen LogP contribution in [-0.4, -0.2) is 9.55 Å². The number of halogens is 2. The van der Waals surface area contributed by atoms with Gasteiger partial charge in [0.1, 0.15) is 5.15 Å². The minimum Gasteiger partial charge on any atom is -0.310 e. The number of hydrogen-bond acceptors (Lipinski definition) is 2. The summed E-state index contributed by atoms with van der Waals surface area (Å²) >= 11 is 11.2. The normalized spacial score (nSPS) is 10.8. The van der Waals surface area contributed by atoms with E-state index in [1.807, 2.05) is 13.8 Å². The van der Waals surface area contributed by atoms with Crippen LogP contribution in [0.3, 0.4) is 0 Å². The molecule has 3 nitrogen and oxygen atoms in total. The minimum absolute atomic E-state index is 0.0758. The molecule has 0 spiro atoms. The zero-order valence-electron chi connectivity index (χ0n) is 7.42. The Bertz CT molecular complexity index is 360. The van der Waals surface area contributed by atoms with Gasteiger partial charge < -0.3 is 4.57 Å². The second kappa shape index (κ2) is 4.11. The number of hydrogen-bond donors (Lipinski definition) is 0. The molecule has 0 saturated heterocycles. The first kappa shape index (κ1) is 10.5. The third-order valence-electron chi connectivity index (χ3n) is 1.47. The van der Waals surface area contributed by atoms with E-state index in [4.69, 9.17) is 23.2 Å². The van der Waals surface area contributed by atoms with Crippen LogP contribution in [0.1, 0.15) is 13.8 Å². The monoisotopic (exact) mass is 220 g/mol. The summed E-state index contributed by atoms with van der Waals surface area (Å²) in [6, 6.07) is 0. The topological polar surface area (TPSA) is 34.9 Å². The van der Waals surface area contributed by atoms with Crippen molar-refractivity contribution in [3.8, 4) is 0 Å². The van der Waals surface area contributed by atoms with Gasteiger partial charge in [-0.1, -0.05) is 37.0 Å². The zero-order chi connectivity index (χ0) is 10.0. The smallest absolute Gasteiger partial charge is 0.288 e. The molecule has 5 heteroatoms. The highest BCUT2D eigenvalue weighted by Crippen LogP contribution is 2.07. The molecule has 0 fully saturated rings. The van der Waals surface area contributed by atoms with Crippen LogP contribution in [0.4, 0.5) is 0 Å². The van der Waals surface area contributed by atoms with Crippen molar-refractivity contribution in [1.82, 2.24) is 9.55 Å². The van der Waals surface area contributed by atoms with Gasteiger partial charge in [-0.25, -0.2) is 4.98 Å². The molecule has 0 N–H and O–H groups in total. The van der Waals surface area contributed by atoms with Gasteiger partial charge in [0.15, 0.2) is 5.15 Å². The van der Waals surface area contributed by atoms with Crippen molar-refractivity contribution in [3.63, 3.8) is 0 Å². The van der Waals surface area contributed by atoms with Gasteiger partial charge in [0.05, 0.1) is 0 Å². The quantitative estimate of drug-likeness (QED) is 0.767. The van der Waals surface area contributed by atoms with E-state index in [1.54, 1.807) is 0 Å². The van der Waals surface area contributed by atoms with Gasteiger partial charge in [0, 0.05) is 12.7 Å². The van der Waals surface area contributed by atoms with Crippen LogP contribution in [0.15, 0.2) is 11.0 Å². The number of rotatable bonds is 2. The van der Waals surface area contributed by atoms with E-state index < -0.39 is 0 Å². The van der Waals surface area contributed by atoms with Crippen molar-refractivity contribution in [2.45, 2.75) is 20.4 Å². The largest absolute Gasteiger partial charge is 0.310 e. The van der Waals surface area contributed by atoms with Gasteiger partial charge in [-0.3, -0.25) is 4.79 Å². The molecule has 0 atom stereocenters. The maximum atomic E-state index is 11.4. The summed E-state index contributed by atoms with van der Waals surface area (Å²) in [4.78, 5) is 15.0. The van der Waals surface area contributed by atoms with Crippen molar-refractivity contribution < 1.29 is 0 Å². The number of nitrogens with zero attached hydrogens (tertiary/aromatic N) is 2. The lowest BCUT2D eigenvalue weighted by Gasteiger charge is -2.08. The molecule has 0 radical (unpaired) electrons. The maximum Gasteiger partial charge on any atom is 0.288 e. The fourth-order valence-electron chi connectivity index (χ4n) is 1.01. The van der Waals surface area contributed by atoms with Crippen LogP contribution in [-0.2, 0) is 6.54 Å². The van der Waals surface area contributed by atoms with Crippen molar-refractivity contribution in [3.05, 3.63) is 26.9 Å². The third-order valence-corrected chi connectivity index (χ3v) is 1.89. The lowest BCUT2D eigenvalue weighted by Crippen LogP contribution is -2.23. The second-order valence-electron chi connectivity index (χ2n) is 3.21. The summed E-state index contributed by atoms with van der Waals surface area (Å²) in [7, 11) is 0. The Kier molecular flexibility index (Phi) is 3.33. The molecule has 13 heavy (non-hydrogen) atoms. The van der Waals surface area contributed by atoms with Crippen molar-refractivity contribution >= 4 is 23.2 Å². The van der Waals surface area contributed by atoms with Crippen molar-refractivity contribution in [2.24, 2.45) is 5.92 Å². The van der Waals surface area contributed by atoms with Crippen LogP contribution in [0.2, 0.25) is 10.3 Å². The van der Waals surface area contributed by atoms with Crippen LogP contribution in [0, 0.1) is 5.92 Å². The molecule has 0 unspecified atom stereocenters. The Morgan fingerprint density at radius 2 is 2.15 bits per heavy atom. The molecule has 0 saturated carbocycles. The lowest BCUT2D eigenvalue weighted by molar-refractivity contribution is 0.509. The van der Waals surface area contributed by atoms with Crippen LogP contribution in [0.25, 0.3) is 0 Å². The van der Waals surface area contributed by atoms with Gasteiger partial charge in [0.25, 0.3) is 5.56 Å². The minimum atomic E-state index is -0.292. The second-order valence-corrected chi connectivity index (χ2v) is 3.95. The van der Waals surface area contributed by atoms with E-state index in [-0.39, 0.29) is 15.9 Å². The van der Waals surface area contributed by atoms with Crippen molar-refractivity contribution in [2.75, 3.05) is 0 Å². The van der Waals surface area contributed by atoms with Gasteiger partial charge >= 0.3 is 0 Å². The summed E-state index contributed by atoms with van der Waals surface area (Å²) in [6.07, 6.45) is 1.50. The molecular weight excluding hydrogens is 211 g/mol. The summed E-state index contributed by atoms with van der Waals surface area (Å²) < 4.78 is 1.47. The first-order valence-electron chi connectivity index (χ1n) is 3.93. The fourth-order valence-corrected chi connectivity index (χ4v) is 1.45. The SMILES string of the molecule is CC(C)Cn1cc(Cl)nc(Cl)c1=O. The van der Waals surface area contributed by atoms with E-state index in [2.05, 4.69) is 4.98 Å². The number of aromatic nitrogens is 2. The molecule has 0 aliphatic rings. The average molecular weight is 221 g/mol. The Labute approximate surface area is 86.3 Å². The van der Waals surface area contributed by atoms with E-state index >= 15 is 0 Å². The molecule has 0 amide bonds. The molecule has 0 bridgehead atoms. The molecule has 1 rings (SSSR count). The summed E-state index contributed by atoms with van der Waals surface area (Å²) in [5.41, 5.74) is -0.292. The predicted molar refractivity (Wildman–Crippen MR) is 53.4 cm³/mol. The molecule has 1 aromatic heterocycles. The predicted octanol–water partition coefficient (Wildman–Crippen LogP) is 2.21. The molecular formula is C8H10Cl2N2O. The standard InChI is InChI=1S/C8H10Cl2N2O/c1-5(2)3-12-4-6(9)11-7(10)8(12)13/h4-5H,3H2,1-2H3. The molecule has 1 heterocycles. The lowest BCUT2D eigenvalue weighted by atomic mass is 10.2. The van der Waals surface area contributed by atoms with E-state index in [1.165, 1.54) is 10.8 Å². The summed E-state index contributed by atoms with van der Waals surface area (Å²) in [5.74, 6) is 0.368. The van der Waals surface area contributed by atoms with Crippen LogP contribution < -0.4 is 5.56 Å². The first-order valence-corrected chi connectivity index (χ1v) is 4.68. The van der Waals surface area contributed by atoms with Crippen molar-refractivity contribution in [1.29, 1.82) is 0 Å². The van der Waals surface area contributed by atoms with E-state index in [0.717, 1.165) is 0 Å². The average Bonchev–Trinajstić information content (AvgIpc) is 1.98. The third kappa shape index (κ3) is 2.71. The van der Waals surface area contributed by atoms with Crippen LogP contribution >= 0.6 is 23.2 Å². The Morgan fingerprint density at radius 1 is 1.54 bits per heavy atom. The molecule has 0 aliphatic heterocycles. The Balaban J connectivity index is 3.13. The zero-order valence-corrected chi connectivity index (χ0v) is 8.93. The Morgan fingerprint density at radius 3 is 2.69 bits per heavy atom. The summed E-state index contributed by atoms with van der Waals surface area (Å²) in [5, 5.41) is 0.165. The summed E-state index contributed by atoms with van der Waals surface area (Å²) in [6.45, 7) is 4.62. The highest BCUT2D eigenvalue weighted by molar-refractivity contribution is 6.32. The van der Waals surface area contributed by atoms with Gasteiger partial charge in [-0.05, 0) is 5.92 Å². The fraction of sp³-hybridized carbons (Fsp3) is 0.500. The highest BCUT2D eigenvalue weighted by Gasteiger charge is 2.06. The Hall–Kier alpha value is -0.540. The van der Waals surface area contributed by atoms with Gasteiger partial charge in [-0.15, -0.1) is 0 Å². The highest BCUT2D eigenvalue weighted by atomic mass is 35.5. The van der Waals surface area contributed by atoms with Crippen LogP contribution in [0.5, 0.6) is 0 Å². The van der Waals surface area contributed by atoms with Gasteiger partial charge in [0.2, 0.25) is 0 Å². The molecule has 1 aromatic rings. The van der Waals surface area contributed by atoms with E-state index in [0.29, 0.717) is 12.5 Å².